The molecule has 1 unspecified atom stereocenters. The zero-order valence-corrected chi connectivity index (χ0v) is 13.3. The van der Waals surface area contributed by atoms with E-state index in [0.717, 1.165) is 16.8 Å². The quantitative estimate of drug-likeness (QED) is 0.854. The van der Waals surface area contributed by atoms with Crippen LogP contribution in [0, 0.1) is 0 Å². The summed E-state index contributed by atoms with van der Waals surface area (Å²) in [6, 6.07) is 4.60. The maximum Gasteiger partial charge on any atom is 0.220 e. The van der Waals surface area contributed by atoms with E-state index < -0.39 is 0 Å². The van der Waals surface area contributed by atoms with Gasteiger partial charge in [-0.25, -0.2) is 0 Å². The highest BCUT2D eigenvalue weighted by atomic mass is 79.9. The van der Waals surface area contributed by atoms with Crippen molar-refractivity contribution in [1.29, 1.82) is 0 Å². The summed E-state index contributed by atoms with van der Waals surface area (Å²) in [6.07, 6.45) is 4.05. The summed E-state index contributed by atoms with van der Waals surface area (Å²) >= 11 is 5.07. The zero-order chi connectivity index (χ0) is 12.1. The van der Waals surface area contributed by atoms with Crippen molar-refractivity contribution in [3.63, 3.8) is 0 Å². The molecule has 2 rings (SSSR count). The second kappa shape index (κ2) is 8.15. The van der Waals surface area contributed by atoms with E-state index in [2.05, 4.69) is 26.6 Å². The highest BCUT2D eigenvalue weighted by Gasteiger charge is 2.15. The molecule has 0 radical (unpaired) electrons. The molecule has 1 amide bonds. The van der Waals surface area contributed by atoms with Gasteiger partial charge in [-0.1, -0.05) is 0 Å². The molecule has 18 heavy (non-hydrogen) atoms. The Morgan fingerprint density at radius 2 is 2.39 bits per heavy atom. The molecule has 1 aliphatic rings. The molecule has 0 bridgehead atoms. The molecule has 1 atom stereocenters. The van der Waals surface area contributed by atoms with E-state index in [9.17, 15) is 4.79 Å². The van der Waals surface area contributed by atoms with Gasteiger partial charge in [0, 0.05) is 17.3 Å². The molecule has 0 spiro atoms. The van der Waals surface area contributed by atoms with E-state index in [1.807, 2.05) is 12.1 Å². The smallest absolute Gasteiger partial charge is 0.220 e. The minimum atomic E-state index is 0. The lowest BCUT2D eigenvalue weighted by Crippen LogP contribution is -2.26. The van der Waals surface area contributed by atoms with E-state index in [1.165, 1.54) is 17.7 Å². The first-order valence-electron chi connectivity index (χ1n) is 5.98. The Bertz CT molecular complexity index is 380. The number of rotatable bonds is 5. The van der Waals surface area contributed by atoms with Crippen molar-refractivity contribution in [2.45, 2.75) is 38.3 Å². The van der Waals surface area contributed by atoms with Gasteiger partial charge in [0.1, 0.15) is 0 Å². The monoisotopic (exact) mass is 352 g/mol. The van der Waals surface area contributed by atoms with Crippen LogP contribution in [0.2, 0.25) is 0 Å². The number of thiophene rings is 1. The van der Waals surface area contributed by atoms with Crippen LogP contribution in [0.5, 0.6) is 0 Å². The van der Waals surface area contributed by atoms with Crippen LogP contribution in [-0.4, -0.2) is 18.5 Å². The van der Waals surface area contributed by atoms with Gasteiger partial charge in [0.25, 0.3) is 0 Å². The molecule has 1 aliphatic heterocycles. The van der Waals surface area contributed by atoms with Gasteiger partial charge in [0.2, 0.25) is 5.91 Å². The second-order valence-electron chi connectivity index (χ2n) is 4.31. The van der Waals surface area contributed by atoms with Crippen LogP contribution in [0.4, 0.5) is 0 Å². The third kappa shape index (κ3) is 5.26. The molecule has 3 nitrogen and oxygen atoms in total. The van der Waals surface area contributed by atoms with Gasteiger partial charge >= 0.3 is 0 Å². The van der Waals surface area contributed by atoms with Crippen LogP contribution >= 0.6 is 39.7 Å². The summed E-state index contributed by atoms with van der Waals surface area (Å²) in [5.41, 5.74) is 0. The van der Waals surface area contributed by atoms with Gasteiger partial charge in [-0.15, -0.1) is 23.7 Å². The Morgan fingerprint density at radius 3 is 3.00 bits per heavy atom. The third-order valence-electron chi connectivity index (χ3n) is 2.97. The minimum Gasteiger partial charge on any atom is -0.351 e. The van der Waals surface area contributed by atoms with Crippen molar-refractivity contribution >= 4 is 45.6 Å². The number of halogens is 2. The second-order valence-corrected chi connectivity index (χ2v) is 6.86. The molecule has 1 saturated heterocycles. The van der Waals surface area contributed by atoms with Gasteiger partial charge in [-0.3, -0.25) is 4.79 Å². The SMILES string of the molecule is Cl.O=C(CCC1CCCN1)NCc1ccc(Br)s1. The molecule has 0 saturated carbocycles. The summed E-state index contributed by atoms with van der Waals surface area (Å²) in [6.45, 7) is 1.75. The van der Waals surface area contributed by atoms with Crippen LogP contribution in [0.25, 0.3) is 0 Å². The average molecular weight is 354 g/mol. The molecule has 1 fully saturated rings. The van der Waals surface area contributed by atoms with Crippen molar-refractivity contribution in [3.8, 4) is 0 Å². The highest BCUT2D eigenvalue weighted by Crippen LogP contribution is 2.21. The predicted octanol–water partition coefficient (Wildman–Crippen LogP) is 3.08. The maximum absolute atomic E-state index is 11.6. The molecule has 1 aromatic rings. The number of hydrogen-bond acceptors (Lipinski definition) is 3. The van der Waals surface area contributed by atoms with Crippen molar-refractivity contribution < 1.29 is 4.79 Å². The molecular formula is C12H18BrClN2OS. The van der Waals surface area contributed by atoms with Gasteiger partial charge in [0.15, 0.2) is 0 Å². The predicted molar refractivity (Wildman–Crippen MR) is 81.4 cm³/mol. The fourth-order valence-electron chi connectivity index (χ4n) is 2.03. The van der Waals surface area contributed by atoms with E-state index in [1.54, 1.807) is 11.3 Å². The molecule has 1 aromatic heterocycles. The number of nitrogens with one attached hydrogen (secondary N) is 2. The minimum absolute atomic E-state index is 0. The maximum atomic E-state index is 11.6. The number of carbonyl (C=O) groups is 1. The lowest BCUT2D eigenvalue weighted by molar-refractivity contribution is -0.121. The number of hydrogen-bond donors (Lipinski definition) is 2. The van der Waals surface area contributed by atoms with E-state index in [-0.39, 0.29) is 18.3 Å². The summed E-state index contributed by atoms with van der Waals surface area (Å²) in [4.78, 5) is 12.8. The molecule has 2 N–H and O–H groups in total. The summed E-state index contributed by atoms with van der Waals surface area (Å²) in [5.74, 6) is 0.156. The molecule has 2 heterocycles. The van der Waals surface area contributed by atoms with Gasteiger partial charge in [-0.05, 0) is 53.9 Å². The highest BCUT2D eigenvalue weighted by molar-refractivity contribution is 9.11. The van der Waals surface area contributed by atoms with Crippen LogP contribution in [0.15, 0.2) is 15.9 Å². The van der Waals surface area contributed by atoms with Crippen LogP contribution < -0.4 is 10.6 Å². The van der Waals surface area contributed by atoms with Gasteiger partial charge in [-0.2, -0.15) is 0 Å². The summed E-state index contributed by atoms with van der Waals surface area (Å²) in [7, 11) is 0. The Kier molecular flexibility index (Phi) is 7.22. The first kappa shape index (κ1) is 16.0. The van der Waals surface area contributed by atoms with Crippen LogP contribution in [0.1, 0.15) is 30.6 Å². The number of amides is 1. The molecule has 0 aliphatic carbocycles. The van der Waals surface area contributed by atoms with Crippen LogP contribution in [0.3, 0.4) is 0 Å². The fraction of sp³-hybridized carbons (Fsp3) is 0.583. The van der Waals surface area contributed by atoms with Crippen LogP contribution in [-0.2, 0) is 11.3 Å². The molecular weight excluding hydrogens is 336 g/mol. The Morgan fingerprint density at radius 1 is 1.56 bits per heavy atom. The van der Waals surface area contributed by atoms with E-state index in [0.29, 0.717) is 19.0 Å². The van der Waals surface area contributed by atoms with Crippen molar-refractivity contribution in [2.24, 2.45) is 0 Å². The molecule has 102 valence electrons. The topological polar surface area (TPSA) is 41.1 Å². The van der Waals surface area contributed by atoms with Crippen molar-refractivity contribution in [1.82, 2.24) is 10.6 Å². The Balaban J connectivity index is 0.00000162. The molecule has 0 aromatic carbocycles. The first-order valence-corrected chi connectivity index (χ1v) is 7.59. The lowest BCUT2D eigenvalue weighted by Gasteiger charge is -2.09. The third-order valence-corrected chi connectivity index (χ3v) is 4.59. The van der Waals surface area contributed by atoms with Crippen molar-refractivity contribution in [2.75, 3.05) is 6.54 Å². The number of carbonyl (C=O) groups excluding carboxylic acids is 1. The largest absolute Gasteiger partial charge is 0.351 e. The van der Waals surface area contributed by atoms with E-state index >= 15 is 0 Å². The summed E-state index contributed by atoms with van der Waals surface area (Å²) < 4.78 is 1.11. The van der Waals surface area contributed by atoms with E-state index in [4.69, 9.17) is 0 Å². The lowest BCUT2D eigenvalue weighted by atomic mass is 10.1. The van der Waals surface area contributed by atoms with Gasteiger partial charge < -0.3 is 10.6 Å². The average Bonchev–Trinajstić information content (AvgIpc) is 2.95. The molecule has 6 heteroatoms. The Hall–Kier alpha value is -0.100. The first-order chi connectivity index (χ1) is 8.24. The standard InChI is InChI=1S/C12H17BrN2OS.ClH/c13-11-5-4-10(17-11)8-15-12(16)6-3-9-2-1-7-14-9;/h4-5,9,14H,1-3,6-8H2,(H,15,16);1H. The summed E-state index contributed by atoms with van der Waals surface area (Å²) in [5, 5.41) is 6.36. The zero-order valence-electron chi connectivity index (χ0n) is 10.1. The normalized spacial score (nSPS) is 18.4. The van der Waals surface area contributed by atoms with Gasteiger partial charge in [0.05, 0.1) is 10.3 Å². The Labute approximate surface area is 126 Å². The fourth-order valence-corrected chi connectivity index (χ4v) is 3.45. The van der Waals surface area contributed by atoms with Crippen molar-refractivity contribution in [3.05, 3.63) is 20.8 Å².